The lowest BCUT2D eigenvalue weighted by Crippen LogP contribution is -2.34. The van der Waals surface area contributed by atoms with Crippen molar-refractivity contribution >= 4 is 17.7 Å². The maximum Gasteiger partial charge on any atom is 0.328 e. The first-order valence-corrected chi connectivity index (χ1v) is 5.89. The molecule has 1 N–H and O–H groups in total. The number of benzene rings is 1. The number of hydrogen-bond acceptors (Lipinski definition) is 5. The monoisotopic (exact) mass is 275 g/mol. The van der Waals surface area contributed by atoms with Crippen molar-refractivity contribution in [2.24, 2.45) is 5.92 Å². The lowest BCUT2D eigenvalue weighted by Gasteiger charge is -2.10. The minimum absolute atomic E-state index is 0.0506. The molecule has 0 heterocycles. The van der Waals surface area contributed by atoms with E-state index in [2.05, 4.69) is 4.74 Å². The number of carboxylic acid groups (broad SMARTS) is 1. The molecule has 0 fully saturated rings. The number of rotatable bonds is 7. The number of ether oxygens (including phenoxy) is 1. The molecule has 0 aliphatic rings. The summed E-state index contributed by atoms with van der Waals surface area (Å²) in [4.78, 5) is 34.5. The van der Waals surface area contributed by atoms with Crippen LogP contribution in [0.25, 0.3) is 0 Å². The lowest BCUT2D eigenvalue weighted by atomic mass is 9.98. The maximum atomic E-state index is 11.9. The standard InChI is InChI=1S/C14H13NO5/c15-7-4-8-20-14(19)12(13(17)18)11(16)9-10-5-2-1-3-6-10/h1-3,5-6,12H,4,8-9H2,(H,17,18). The van der Waals surface area contributed by atoms with Crippen LogP contribution in [0, 0.1) is 17.2 Å². The van der Waals surface area contributed by atoms with Crippen LogP contribution in [0.3, 0.4) is 0 Å². The van der Waals surface area contributed by atoms with Crippen LogP contribution >= 0.6 is 0 Å². The smallest absolute Gasteiger partial charge is 0.328 e. The van der Waals surface area contributed by atoms with E-state index in [1.165, 1.54) is 0 Å². The molecule has 1 atom stereocenters. The third-order valence-electron chi connectivity index (χ3n) is 2.48. The molecule has 1 rings (SSSR count). The number of carbonyl (C=O) groups is 3. The second-order valence-electron chi connectivity index (χ2n) is 3.98. The molecule has 1 unspecified atom stereocenters. The summed E-state index contributed by atoms with van der Waals surface area (Å²) in [7, 11) is 0. The fourth-order valence-electron chi connectivity index (χ4n) is 1.55. The molecule has 20 heavy (non-hydrogen) atoms. The van der Waals surface area contributed by atoms with Crippen LogP contribution in [0.2, 0.25) is 0 Å². The first kappa shape index (κ1) is 15.4. The zero-order valence-corrected chi connectivity index (χ0v) is 10.6. The summed E-state index contributed by atoms with van der Waals surface area (Å²) in [5.74, 6) is -5.28. The molecule has 1 aromatic rings. The van der Waals surface area contributed by atoms with Gasteiger partial charge in [-0.25, -0.2) is 0 Å². The van der Waals surface area contributed by atoms with E-state index in [4.69, 9.17) is 10.4 Å². The molecule has 6 nitrogen and oxygen atoms in total. The molecule has 0 aliphatic heterocycles. The zero-order chi connectivity index (χ0) is 15.0. The average molecular weight is 275 g/mol. The molecular formula is C14H13NO5. The van der Waals surface area contributed by atoms with E-state index < -0.39 is 23.6 Å². The normalized spacial score (nSPS) is 11.2. The van der Waals surface area contributed by atoms with Gasteiger partial charge in [0.25, 0.3) is 0 Å². The number of nitrogens with zero attached hydrogens (tertiary/aromatic N) is 1. The SMILES string of the molecule is N#CCCOC(=O)C(C(=O)O)C(=O)Cc1ccccc1. The highest BCUT2D eigenvalue weighted by Crippen LogP contribution is 2.09. The van der Waals surface area contributed by atoms with Crippen LogP contribution in [0.5, 0.6) is 0 Å². The van der Waals surface area contributed by atoms with E-state index in [0.29, 0.717) is 5.56 Å². The molecule has 0 saturated carbocycles. The van der Waals surface area contributed by atoms with Crippen molar-refractivity contribution in [1.82, 2.24) is 0 Å². The number of ketones is 1. The number of esters is 1. The van der Waals surface area contributed by atoms with Crippen molar-refractivity contribution in [2.75, 3.05) is 6.61 Å². The van der Waals surface area contributed by atoms with Gasteiger partial charge in [-0.15, -0.1) is 0 Å². The molecule has 0 aromatic heterocycles. The Morgan fingerprint density at radius 3 is 2.45 bits per heavy atom. The van der Waals surface area contributed by atoms with Crippen molar-refractivity contribution in [3.05, 3.63) is 35.9 Å². The van der Waals surface area contributed by atoms with Crippen LogP contribution in [0.15, 0.2) is 30.3 Å². The van der Waals surface area contributed by atoms with Gasteiger partial charge in [0.1, 0.15) is 6.61 Å². The topological polar surface area (TPSA) is 104 Å². The Kier molecular flexibility index (Phi) is 5.91. The summed E-state index contributed by atoms with van der Waals surface area (Å²) >= 11 is 0. The van der Waals surface area contributed by atoms with Gasteiger partial charge in [0.05, 0.1) is 12.5 Å². The highest BCUT2D eigenvalue weighted by atomic mass is 16.5. The third kappa shape index (κ3) is 4.53. The largest absolute Gasteiger partial charge is 0.480 e. The molecule has 0 saturated heterocycles. The van der Waals surface area contributed by atoms with E-state index in [-0.39, 0.29) is 19.4 Å². The Bertz CT molecular complexity index is 532. The van der Waals surface area contributed by atoms with Crippen molar-refractivity contribution in [2.45, 2.75) is 12.8 Å². The van der Waals surface area contributed by atoms with Crippen LogP contribution in [-0.2, 0) is 25.5 Å². The Hall–Kier alpha value is -2.68. The number of aliphatic carboxylic acids is 1. The predicted molar refractivity (Wildman–Crippen MR) is 67.5 cm³/mol. The number of carbonyl (C=O) groups excluding carboxylic acids is 2. The second-order valence-corrected chi connectivity index (χ2v) is 3.98. The van der Waals surface area contributed by atoms with Crippen LogP contribution in [0.4, 0.5) is 0 Å². The Morgan fingerprint density at radius 2 is 1.90 bits per heavy atom. The van der Waals surface area contributed by atoms with Crippen molar-refractivity contribution < 1.29 is 24.2 Å². The minimum Gasteiger partial charge on any atom is -0.480 e. The molecule has 104 valence electrons. The summed E-state index contributed by atoms with van der Waals surface area (Å²) < 4.78 is 4.60. The summed E-state index contributed by atoms with van der Waals surface area (Å²) in [5.41, 5.74) is 0.619. The van der Waals surface area contributed by atoms with Crippen LogP contribution in [0.1, 0.15) is 12.0 Å². The third-order valence-corrected chi connectivity index (χ3v) is 2.48. The van der Waals surface area contributed by atoms with Crippen LogP contribution in [-0.4, -0.2) is 29.4 Å². The maximum absolute atomic E-state index is 11.9. The molecule has 0 bridgehead atoms. The fraction of sp³-hybridized carbons (Fsp3) is 0.286. The lowest BCUT2D eigenvalue weighted by molar-refractivity contribution is -0.161. The van der Waals surface area contributed by atoms with Gasteiger partial charge in [0.15, 0.2) is 5.78 Å². The number of hydrogen-bond donors (Lipinski definition) is 1. The molecule has 0 aliphatic carbocycles. The summed E-state index contributed by atoms with van der Waals surface area (Å²) in [6.07, 6.45) is -0.212. The van der Waals surface area contributed by atoms with Crippen molar-refractivity contribution in [3.8, 4) is 6.07 Å². The summed E-state index contributed by atoms with van der Waals surface area (Å²) in [5, 5.41) is 17.3. The Labute approximate surface area is 115 Å². The molecule has 6 heteroatoms. The van der Waals surface area contributed by atoms with Crippen LogP contribution < -0.4 is 0 Å². The average Bonchev–Trinajstić information content (AvgIpc) is 2.39. The summed E-state index contributed by atoms with van der Waals surface area (Å²) in [6, 6.07) is 10.3. The number of nitriles is 1. The molecule has 1 aromatic carbocycles. The van der Waals surface area contributed by atoms with E-state index >= 15 is 0 Å². The van der Waals surface area contributed by atoms with Gasteiger partial charge < -0.3 is 9.84 Å². The zero-order valence-electron chi connectivity index (χ0n) is 10.6. The molecule has 0 amide bonds. The van der Waals surface area contributed by atoms with E-state index in [0.717, 1.165) is 0 Å². The van der Waals surface area contributed by atoms with Gasteiger partial charge in [0.2, 0.25) is 5.92 Å². The quantitative estimate of drug-likeness (QED) is 0.451. The highest BCUT2D eigenvalue weighted by Gasteiger charge is 2.35. The van der Waals surface area contributed by atoms with Gasteiger partial charge in [-0.05, 0) is 5.56 Å². The highest BCUT2D eigenvalue weighted by molar-refractivity contribution is 6.14. The predicted octanol–water partition coefficient (Wildman–Crippen LogP) is 0.956. The Balaban J connectivity index is 2.71. The molecule has 0 radical (unpaired) electrons. The number of carboxylic acids is 1. The van der Waals surface area contributed by atoms with Crippen molar-refractivity contribution in [1.29, 1.82) is 5.26 Å². The fourth-order valence-corrected chi connectivity index (χ4v) is 1.55. The van der Waals surface area contributed by atoms with Gasteiger partial charge >= 0.3 is 11.9 Å². The van der Waals surface area contributed by atoms with Gasteiger partial charge in [0, 0.05) is 6.42 Å². The van der Waals surface area contributed by atoms with E-state index in [1.807, 2.05) is 0 Å². The van der Waals surface area contributed by atoms with Gasteiger partial charge in [-0.2, -0.15) is 5.26 Å². The molecule has 0 spiro atoms. The van der Waals surface area contributed by atoms with Gasteiger partial charge in [-0.1, -0.05) is 30.3 Å². The Morgan fingerprint density at radius 1 is 1.25 bits per heavy atom. The number of Topliss-reactive ketones (excluding diaryl/α,β-unsaturated/α-hetero) is 1. The van der Waals surface area contributed by atoms with E-state index in [9.17, 15) is 14.4 Å². The van der Waals surface area contributed by atoms with Crippen molar-refractivity contribution in [3.63, 3.8) is 0 Å². The second kappa shape index (κ2) is 7.69. The first-order valence-electron chi connectivity index (χ1n) is 5.89. The van der Waals surface area contributed by atoms with E-state index in [1.54, 1.807) is 36.4 Å². The first-order chi connectivity index (χ1) is 9.56. The minimum atomic E-state index is -1.85. The van der Waals surface area contributed by atoms with Gasteiger partial charge in [-0.3, -0.25) is 14.4 Å². The molecular weight excluding hydrogens is 262 g/mol. The summed E-state index contributed by atoms with van der Waals surface area (Å²) in [6.45, 7) is -0.224.